The lowest BCUT2D eigenvalue weighted by Crippen LogP contribution is -2.30. The number of hydrogen-bond donors (Lipinski definition) is 1. The molecular weight excluding hydrogens is 430 g/mol. The molecule has 0 radical (unpaired) electrons. The van der Waals surface area contributed by atoms with Crippen LogP contribution in [-0.4, -0.2) is 51.0 Å². The van der Waals surface area contributed by atoms with E-state index in [0.29, 0.717) is 18.2 Å². The molecule has 6 nitrogen and oxygen atoms in total. The zero-order valence-electron chi connectivity index (χ0n) is 19.3. The van der Waals surface area contributed by atoms with Gasteiger partial charge in [-0.15, -0.1) is 10.2 Å². The number of amides is 1. The average molecular weight is 464 g/mol. The number of nitrogens with zero attached hydrogens (tertiary/aromatic N) is 4. The Balaban J connectivity index is 1.40. The number of benzene rings is 2. The van der Waals surface area contributed by atoms with Crippen LogP contribution in [0.1, 0.15) is 49.9 Å². The first-order valence-electron chi connectivity index (χ1n) is 11.9. The maximum Gasteiger partial charge on any atom is 0.230 e. The molecule has 33 heavy (non-hydrogen) atoms. The van der Waals surface area contributed by atoms with Gasteiger partial charge in [-0.2, -0.15) is 0 Å². The maximum atomic E-state index is 12.6. The lowest BCUT2D eigenvalue weighted by Gasteiger charge is -2.26. The molecule has 174 valence electrons. The van der Waals surface area contributed by atoms with Crippen molar-refractivity contribution in [1.29, 1.82) is 0 Å². The SMILES string of the molecule is CCC(CNC(=O)CSc1nnc(CN2CCCCC2)n1-c1ccccc1)c1ccccc1. The summed E-state index contributed by atoms with van der Waals surface area (Å²) in [6.07, 6.45) is 4.77. The number of hydrogen-bond acceptors (Lipinski definition) is 5. The van der Waals surface area contributed by atoms with Gasteiger partial charge in [0.25, 0.3) is 0 Å². The van der Waals surface area contributed by atoms with E-state index in [1.54, 1.807) is 0 Å². The van der Waals surface area contributed by atoms with Crippen LogP contribution in [-0.2, 0) is 11.3 Å². The van der Waals surface area contributed by atoms with Gasteiger partial charge in [-0.3, -0.25) is 14.3 Å². The van der Waals surface area contributed by atoms with Gasteiger partial charge in [-0.25, -0.2) is 0 Å². The highest BCUT2D eigenvalue weighted by molar-refractivity contribution is 7.99. The second-order valence-corrected chi connectivity index (χ2v) is 9.46. The average Bonchev–Trinajstić information content (AvgIpc) is 3.27. The van der Waals surface area contributed by atoms with E-state index in [1.165, 1.54) is 36.6 Å². The molecule has 1 aromatic heterocycles. The van der Waals surface area contributed by atoms with Crippen LogP contribution in [0.15, 0.2) is 65.8 Å². The molecule has 4 rings (SSSR count). The van der Waals surface area contributed by atoms with Gasteiger partial charge >= 0.3 is 0 Å². The Bertz CT molecular complexity index is 1000. The summed E-state index contributed by atoms with van der Waals surface area (Å²) in [5.41, 5.74) is 2.30. The summed E-state index contributed by atoms with van der Waals surface area (Å²) in [6, 6.07) is 20.6. The van der Waals surface area contributed by atoms with E-state index in [1.807, 2.05) is 36.4 Å². The maximum absolute atomic E-state index is 12.6. The summed E-state index contributed by atoms with van der Waals surface area (Å²) in [4.78, 5) is 15.1. The van der Waals surface area contributed by atoms with Crippen LogP contribution in [0.25, 0.3) is 5.69 Å². The normalized spacial score (nSPS) is 15.3. The van der Waals surface area contributed by atoms with Gasteiger partial charge in [0.2, 0.25) is 5.91 Å². The van der Waals surface area contributed by atoms with Crippen molar-refractivity contribution in [2.24, 2.45) is 0 Å². The van der Waals surface area contributed by atoms with Gasteiger partial charge < -0.3 is 5.32 Å². The van der Waals surface area contributed by atoms with Crippen molar-refractivity contribution in [2.45, 2.75) is 50.2 Å². The molecule has 1 saturated heterocycles. The van der Waals surface area contributed by atoms with Crippen molar-refractivity contribution in [1.82, 2.24) is 25.0 Å². The van der Waals surface area contributed by atoms with Crippen molar-refractivity contribution in [3.05, 3.63) is 72.1 Å². The predicted octanol–water partition coefficient (Wildman–Crippen LogP) is 4.66. The molecule has 1 aliphatic rings. The van der Waals surface area contributed by atoms with Crippen molar-refractivity contribution in [3.63, 3.8) is 0 Å². The number of nitrogens with one attached hydrogen (secondary N) is 1. The topological polar surface area (TPSA) is 63.1 Å². The molecular formula is C26H33N5OS. The fraction of sp³-hybridized carbons (Fsp3) is 0.423. The quantitative estimate of drug-likeness (QED) is 0.443. The van der Waals surface area contributed by atoms with Crippen molar-refractivity contribution >= 4 is 17.7 Å². The summed E-state index contributed by atoms with van der Waals surface area (Å²) in [6.45, 7) is 5.79. The fourth-order valence-corrected chi connectivity index (χ4v) is 5.09. The monoisotopic (exact) mass is 463 g/mol. The first-order valence-corrected chi connectivity index (χ1v) is 12.9. The molecule has 0 saturated carbocycles. The zero-order chi connectivity index (χ0) is 22.9. The molecule has 1 N–H and O–H groups in total. The van der Waals surface area contributed by atoms with E-state index in [9.17, 15) is 4.79 Å². The minimum absolute atomic E-state index is 0.0228. The Morgan fingerprint density at radius 1 is 1.00 bits per heavy atom. The first kappa shape index (κ1) is 23.5. The number of thioether (sulfide) groups is 1. The van der Waals surface area contributed by atoms with Gasteiger partial charge in [-0.1, -0.05) is 73.6 Å². The van der Waals surface area contributed by atoms with Gasteiger partial charge in [-0.05, 0) is 50.0 Å². The van der Waals surface area contributed by atoms with E-state index in [0.717, 1.165) is 42.7 Å². The lowest BCUT2D eigenvalue weighted by molar-refractivity contribution is -0.118. The van der Waals surface area contributed by atoms with Crippen molar-refractivity contribution in [3.8, 4) is 5.69 Å². The van der Waals surface area contributed by atoms with Crippen LogP contribution in [0.5, 0.6) is 0 Å². The number of rotatable bonds is 10. The minimum Gasteiger partial charge on any atom is -0.355 e. The summed E-state index contributed by atoms with van der Waals surface area (Å²) < 4.78 is 2.10. The second-order valence-electron chi connectivity index (χ2n) is 8.52. The van der Waals surface area contributed by atoms with E-state index < -0.39 is 0 Å². The molecule has 7 heteroatoms. The number of para-hydroxylation sites is 1. The van der Waals surface area contributed by atoms with Gasteiger partial charge in [0, 0.05) is 18.2 Å². The third-order valence-corrected chi connectivity index (χ3v) is 7.10. The smallest absolute Gasteiger partial charge is 0.230 e. The Kier molecular flexibility index (Phi) is 8.55. The summed E-state index contributed by atoms with van der Waals surface area (Å²) in [7, 11) is 0. The van der Waals surface area contributed by atoms with Crippen LogP contribution in [0, 0.1) is 0 Å². The molecule has 1 amide bonds. The molecule has 2 aromatic carbocycles. The molecule has 1 unspecified atom stereocenters. The molecule has 1 aliphatic heterocycles. The fourth-order valence-electron chi connectivity index (χ4n) is 4.29. The molecule has 0 spiro atoms. The predicted molar refractivity (Wildman–Crippen MR) is 134 cm³/mol. The Morgan fingerprint density at radius 3 is 2.39 bits per heavy atom. The Labute approximate surface area is 200 Å². The van der Waals surface area contributed by atoms with Crippen LogP contribution in [0.2, 0.25) is 0 Å². The highest BCUT2D eigenvalue weighted by Crippen LogP contribution is 2.24. The van der Waals surface area contributed by atoms with E-state index >= 15 is 0 Å². The number of likely N-dealkylation sites (tertiary alicyclic amines) is 1. The van der Waals surface area contributed by atoms with Crippen molar-refractivity contribution < 1.29 is 4.79 Å². The number of piperidine rings is 1. The first-order chi connectivity index (χ1) is 16.2. The van der Waals surface area contributed by atoms with E-state index in [2.05, 4.69) is 56.2 Å². The standard InChI is InChI=1S/C26H33N5OS/c1-2-21(22-12-6-3-7-13-22)18-27-25(32)20-33-26-29-28-24(19-30-16-10-5-11-17-30)31(26)23-14-8-4-9-15-23/h3-4,6-9,12-15,21H,2,5,10-11,16-20H2,1H3,(H,27,32). The zero-order valence-corrected chi connectivity index (χ0v) is 20.1. The highest BCUT2D eigenvalue weighted by Gasteiger charge is 2.19. The summed E-state index contributed by atoms with van der Waals surface area (Å²) >= 11 is 1.45. The lowest BCUT2D eigenvalue weighted by atomic mass is 9.96. The molecule has 0 aliphatic carbocycles. The van der Waals surface area contributed by atoms with Crippen LogP contribution in [0.3, 0.4) is 0 Å². The van der Waals surface area contributed by atoms with Gasteiger partial charge in [0.05, 0.1) is 12.3 Å². The van der Waals surface area contributed by atoms with E-state index in [-0.39, 0.29) is 5.91 Å². The van der Waals surface area contributed by atoms with Gasteiger partial charge in [0.1, 0.15) is 0 Å². The molecule has 3 aromatic rings. The molecule has 2 heterocycles. The van der Waals surface area contributed by atoms with Gasteiger partial charge in [0.15, 0.2) is 11.0 Å². The van der Waals surface area contributed by atoms with Crippen LogP contribution < -0.4 is 5.32 Å². The Hall–Kier alpha value is -2.64. The number of aromatic nitrogens is 3. The number of carbonyl (C=O) groups excluding carboxylic acids is 1. The highest BCUT2D eigenvalue weighted by atomic mass is 32.2. The molecule has 1 atom stereocenters. The second kappa shape index (κ2) is 12.0. The molecule has 0 bridgehead atoms. The number of carbonyl (C=O) groups is 1. The largest absolute Gasteiger partial charge is 0.355 e. The minimum atomic E-state index is 0.0228. The van der Waals surface area contributed by atoms with E-state index in [4.69, 9.17) is 0 Å². The molecule has 1 fully saturated rings. The van der Waals surface area contributed by atoms with Crippen LogP contribution in [0.4, 0.5) is 0 Å². The van der Waals surface area contributed by atoms with Crippen LogP contribution >= 0.6 is 11.8 Å². The third kappa shape index (κ3) is 6.45. The third-order valence-electron chi connectivity index (χ3n) is 6.17. The Morgan fingerprint density at radius 2 is 1.70 bits per heavy atom. The summed E-state index contributed by atoms with van der Waals surface area (Å²) in [5, 5.41) is 12.8. The van der Waals surface area contributed by atoms with Crippen molar-refractivity contribution in [2.75, 3.05) is 25.4 Å². The summed E-state index contributed by atoms with van der Waals surface area (Å²) in [5.74, 6) is 1.60.